The molecule has 0 aliphatic carbocycles. The van der Waals surface area contributed by atoms with Crippen molar-refractivity contribution in [1.82, 2.24) is 4.98 Å². The highest BCUT2D eigenvalue weighted by Crippen LogP contribution is 2.34. The van der Waals surface area contributed by atoms with Gasteiger partial charge in [-0.3, -0.25) is 0 Å². The summed E-state index contributed by atoms with van der Waals surface area (Å²) in [7, 11) is 0. The van der Waals surface area contributed by atoms with Crippen LogP contribution < -0.4 is 0 Å². The zero-order valence-corrected chi connectivity index (χ0v) is 10.4. The third kappa shape index (κ3) is 1.79. The monoisotopic (exact) mass is 255 g/mol. The Balaban J connectivity index is 2.67. The molecule has 0 atom stereocenters. The highest BCUT2D eigenvalue weighted by atomic mass is 35.5. The molecule has 2 heterocycles. The number of aromatic carboxylic acids is 1. The van der Waals surface area contributed by atoms with E-state index in [1.54, 1.807) is 0 Å². The van der Waals surface area contributed by atoms with Crippen molar-refractivity contribution in [1.29, 1.82) is 0 Å². The zero-order valence-electron chi connectivity index (χ0n) is 8.82. The fraction of sp³-hybridized carbons (Fsp3) is 0.273. The molecule has 2 aromatic rings. The number of aromatic nitrogens is 1. The van der Waals surface area contributed by atoms with E-state index in [1.165, 1.54) is 0 Å². The summed E-state index contributed by atoms with van der Waals surface area (Å²) in [5, 5.41) is 9.95. The van der Waals surface area contributed by atoms with E-state index in [2.05, 4.69) is 4.98 Å². The van der Waals surface area contributed by atoms with Crippen LogP contribution in [0.4, 0.5) is 0 Å². The van der Waals surface area contributed by atoms with E-state index in [0.717, 1.165) is 17.0 Å². The predicted octanol–water partition coefficient (Wildman–Crippen LogP) is 3.77. The quantitative estimate of drug-likeness (QED) is 0.889. The molecule has 0 fully saturated rings. The standard InChI is InChI=1S/C11H10ClNO2S/c1-5(2)7-4-3-6-8(12)9(11(14)15)16-10(6)13-7/h3-5H,1-2H3,(H,14,15). The minimum atomic E-state index is -1.00. The molecule has 0 amide bonds. The molecule has 0 aromatic carbocycles. The van der Waals surface area contributed by atoms with Gasteiger partial charge in [0.15, 0.2) is 0 Å². The second-order valence-corrected chi connectivity index (χ2v) is 5.17. The average Bonchev–Trinajstić information content (AvgIpc) is 2.55. The minimum Gasteiger partial charge on any atom is -0.477 e. The highest BCUT2D eigenvalue weighted by molar-refractivity contribution is 7.21. The molecule has 0 saturated heterocycles. The van der Waals surface area contributed by atoms with Crippen molar-refractivity contribution in [2.45, 2.75) is 19.8 Å². The lowest BCUT2D eigenvalue weighted by molar-refractivity contribution is 0.0702. The van der Waals surface area contributed by atoms with Crippen LogP contribution in [0.1, 0.15) is 35.1 Å². The number of fused-ring (bicyclic) bond motifs is 1. The molecule has 3 nitrogen and oxygen atoms in total. The summed E-state index contributed by atoms with van der Waals surface area (Å²) in [6, 6.07) is 3.72. The number of rotatable bonds is 2. The molecule has 2 aromatic heterocycles. The Hall–Kier alpha value is -1.13. The Labute approximate surface area is 102 Å². The number of carboxylic acids is 1. The second-order valence-electron chi connectivity index (χ2n) is 3.79. The Morgan fingerprint density at radius 2 is 2.19 bits per heavy atom. The largest absolute Gasteiger partial charge is 0.477 e. The van der Waals surface area contributed by atoms with Gasteiger partial charge in [0.1, 0.15) is 9.71 Å². The van der Waals surface area contributed by atoms with Gasteiger partial charge in [-0.15, -0.1) is 11.3 Å². The van der Waals surface area contributed by atoms with Crippen molar-refractivity contribution in [2.24, 2.45) is 0 Å². The molecule has 1 N–H and O–H groups in total. The van der Waals surface area contributed by atoms with Crippen LogP contribution in [0.2, 0.25) is 5.02 Å². The van der Waals surface area contributed by atoms with Crippen LogP contribution in [0.25, 0.3) is 10.2 Å². The third-order valence-electron chi connectivity index (χ3n) is 2.30. The number of hydrogen-bond donors (Lipinski definition) is 1. The maximum Gasteiger partial charge on any atom is 0.347 e. The van der Waals surface area contributed by atoms with E-state index in [-0.39, 0.29) is 9.90 Å². The van der Waals surface area contributed by atoms with E-state index in [4.69, 9.17) is 16.7 Å². The molecule has 0 bridgehead atoms. The number of hydrogen-bond acceptors (Lipinski definition) is 3. The fourth-order valence-corrected chi connectivity index (χ4v) is 2.74. The van der Waals surface area contributed by atoms with Gasteiger partial charge in [0, 0.05) is 11.1 Å². The van der Waals surface area contributed by atoms with Gasteiger partial charge < -0.3 is 5.11 Å². The second kappa shape index (κ2) is 4.03. The highest BCUT2D eigenvalue weighted by Gasteiger charge is 2.17. The Morgan fingerprint density at radius 1 is 1.50 bits per heavy atom. The maximum absolute atomic E-state index is 10.9. The lowest BCUT2D eigenvalue weighted by Crippen LogP contribution is -1.91. The van der Waals surface area contributed by atoms with E-state index < -0.39 is 5.97 Å². The molecule has 5 heteroatoms. The van der Waals surface area contributed by atoms with E-state index >= 15 is 0 Å². The van der Waals surface area contributed by atoms with Crippen molar-refractivity contribution in [3.8, 4) is 0 Å². The van der Waals surface area contributed by atoms with Gasteiger partial charge in [-0.2, -0.15) is 0 Å². The molecule has 0 radical (unpaired) electrons. The molecule has 0 saturated carbocycles. The van der Waals surface area contributed by atoms with Crippen molar-refractivity contribution < 1.29 is 9.90 Å². The van der Waals surface area contributed by atoms with Crippen LogP contribution in [0, 0.1) is 0 Å². The number of carbonyl (C=O) groups is 1. The topological polar surface area (TPSA) is 50.2 Å². The first-order valence-electron chi connectivity index (χ1n) is 4.83. The molecule has 16 heavy (non-hydrogen) atoms. The van der Waals surface area contributed by atoms with Crippen LogP contribution in [0.3, 0.4) is 0 Å². The van der Waals surface area contributed by atoms with Gasteiger partial charge in [0.25, 0.3) is 0 Å². The number of halogens is 1. The summed E-state index contributed by atoms with van der Waals surface area (Å²) in [5.41, 5.74) is 0.947. The molecule has 0 spiro atoms. The summed E-state index contributed by atoms with van der Waals surface area (Å²) >= 11 is 7.09. The number of thiophene rings is 1. The van der Waals surface area contributed by atoms with Crippen LogP contribution >= 0.6 is 22.9 Å². The van der Waals surface area contributed by atoms with Crippen molar-refractivity contribution >= 4 is 39.1 Å². The molecule has 0 aliphatic heterocycles. The van der Waals surface area contributed by atoms with Crippen LogP contribution in [-0.2, 0) is 0 Å². The molecule has 0 aliphatic rings. The number of pyridine rings is 1. The summed E-state index contributed by atoms with van der Waals surface area (Å²) in [6.07, 6.45) is 0. The molecule has 84 valence electrons. The van der Waals surface area contributed by atoms with Crippen molar-refractivity contribution in [2.75, 3.05) is 0 Å². The van der Waals surface area contributed by atoms with Crippen LogP contribution in [0.15, 0.2) is 12.1 Å². The molecule has 2 rings (SSSR count). The first-order valence-corrected chi connectivity index (χ1v) is 6.02. The number of nitrogens with zero attached hydrogens (tertiary/aromatic N) is 1. The first kappa shape index (κ1) is 11.4. The van der Waals surface area contributed by atoms with Gasteiger partial charge in [-0.25, -0.2) is 9.78 Å². The van der Waals surface area contributed by atoms with Crippen LogP contribution in [0.5, 0.6) is 0 Å². The average molecular weight is 256 g/mol. The van der Waals surface area contributed by atoms with Crippen molar-refractivity contribution in [3.63, 3.8) is 0 Å². The van der Waals surface area contributed by atoms with Gasteiger partial charge in [0.2, 0.25) is 0 Å². The van der Waals surface area contributed by atoms with Gasteiger partial charge >= 0.3 is 5.97 Å². The van der Waals surface area contributed by atoms with E-state index in [1.807, 2.05) is 26.0 Å². The normalized spacial score (nSPS) is 11.2. The van der Waals surface area contributed by atoms with Gasteiger partial charge in [0.05, 0.1) is 5.02 Å². The first-order chi connectivity index (χ1) is 7.50. The maximum atomic E-state index is 10.9. The van der Waals surface area contributed by atoms with E-state index in [9.17, 15) is 4.79 Å². The van der Waals surface area contributed by atoms with Crippen molar-refractivity contribution in [3.05, 3.63) is 27.7 Å². The fourth-order valence-electron chi connectivity index (χ4n) is 1.42. The summed E-state index contributed by atoms with van der Waals surface area (Å²) in [5.74, 6) is -0.683. The summed E-state index contributed by atoms with van der Waals surface area (Å²) in [4.78, 5) is 16.2. The Morgan fingerprint density at radius 3 is 2.75 bits per heavy atom. The van der Waals surface area contributed by atoms with Gasteiger partial charge in [-0.05, 0) is 18.1 Å². The molecular formula is C11H10ClNO2S. The Bertz CT molecular complexity index is 562. The molecular weight excluding hydrogens is 246 g/mol. The molecule has 0 unspecified atom stereocenters. The smallest absolute Gasteiger partial charge is 0.347 e. The van der Waals surface area contributed by atoms with Gasteiger partial charge in [-0.1, -0.05) is 25.4 Å². The third-order valence-corrected chi connectivity index (χ3v) is 3.89. The number of carboxylic acid groups (broad SMARTS) is 1. The summed E-state index contributed by atoms with van der Waals surface area (Å²) < 4.78 is 0. The van der Waals surface area contributed by atoms with E-state index in [0.29, 0.717) is 16.1 Å². The van der Waals surface area contributed by atoms with Crippen LogP contribution in [-0.4, -0.2) is 16.1 Å². The summed E-state index contributed by atoms with van der Waals surface area (Å²) in [6.45, 7) is 4.09. The SMILES string of the molecule is CC(C)c1ccc2c(Cl)c(C(=O)O)sc2n1. The Kier molecular flexibility index (Phi) is 2.86. The minimum absolute atomic E-state index is 0.157. The zero-order chi connectivity index (χ0) is 11.9. The lowest BCUT2D eigenvalue weighted by atomic mass is 10.1. The lowest BCUT2D eigenvalue weighted by Gasteiger charge is -2.02. The predicted molar refractivity (Wildman–Crippen MR) is 65.7 cm³/mol.